The van der Waals surface area contributed by atoms with Crippen LogP contribution >= 0.6 is 0 Å². The second-order valence-corrected chi connectivity index (χ2v) is 3.17. The molecule has 17 heavy (non-hydrogen) atoms. The topological polar surface area (TPSA) is 29.5 Å². The van der Waals surface area contributed by atoms with Crippen molar-refractivity contribution in [1.82, 2.24) is 5.06 Å². The number of nitrogens with zero attached hydrogens (tertiary/aromatic N) is 1. The first-order chi connectivity index (χ1) is 7.77. The van der Waals surface area contributed by atoms with Gasteiger partial charge >= 0.3 is 6.18 Å². The van der Waals surface area contributed by atoms with Crippen molar-refractivity contribution in [3.63, 3.8) is 0 Å². The van der Waals surface area contributed by atoms with Gasteiger partial charge in [-0.3, -0.25) is 9.63 Å². The summed E-state index contributed by atoms with van der Waals surface area (Å²) in [5.41, 5.74) is -1.99. The summed E-state index contributed by atoms with van der Waals surface area (Å²) >= 11 is 0. The van der Waals surface area contributed by atoms with E-state index in [-0.39, 0.29) is 0 Å². The second-order valence-electron chi connectivity index (χ2n) is 3.17. The lowest BCUT2D eigenvalue weighted by molar-refractivity contribution is -0.138. The molecule has 0 aliphatic carbocycles. The van der Waals surface area contributed by atoms with Gasteiger partial charge in [-0.2, -0.15) is 13.2 Å². The van der Waals surface area contributed by atoms with E-state index in [4.69, 9.17) is 0 Å². The van der Waals surface area contributed by atoms with Crippen molar-refractivity contribution < 1.29 is 27.2 Å². The quantitative estimate of drug-likeness (QED) is 0.597. The molecule has 0 saturated heterocycles. The highest BCUT2D eigenvalue weighted by atomic mass is 19.4. The molecule has 0 aliphatic rings. The molecule has 0 atom stereocenters. The Bertz CT molecular complexity index is 431. The molecule has 0 aromatic heterocycles. The van der Waals surface area contributed by atoms with Gasteiger partial charge in [0, 0.05) is 7.05 Å². The summed E-state index contributed by atoms with van der Waals surface area (Å²) in [6, 6.07) is 1.69. The number of carbonyl (C=O) groups is 1. The van der Waals surface area contributed by atoms with Crippen molar-refractivity contribution in [2.24, 2.45) is 0 Å². The van der Waals surface area contributed by atoms with Crippen LogP contribution < -0.4 is 0 Å². The molecule has 0 spiro atoms. The lowest BCUT2D eigenvalue weighted by atomic mass is 10.1. The number of benzene rings is 1. The molecule has 3 nitrogen and oxygen atoms in total. The third-order valence-electron chi connectivity index (χ3n) is 2.08. The molecule has 0 N–H and O–H groups in total. The SMILES string of the molecule is CON(C)C(=O)c1cc(F)ccc1C(F)(F)F. The van der Waals surface area contributed by atoms with E-state index in [1.165, 1.54) is 0 Å². The summed E-state index contributed by atoms with van der Waals surface area (Å²) in [5, 5.41) is 0.587. The normalized spacial score (nSPS) is 11.4. The van der Waals surface area contributed by atoms with E-state index in [0.29, 0.717) is 23.3 Å². The first kappa shape index (κ1) is 13.4. The highest BCUT2D eigenvalue weighted by Crippen LogP contribution is 2.32. The van der Waals surface area contributed by atoms with Crippen LogP contribution in [0.25, 0.3) is 0 Å². The van der Waals surface area contributed by atoms with E-state index in [1.807, 2.05) is 0 Å². The van der Waals surface area contributed by atoms with Gasteiger partial charge in [0.1, 0.15) is 5.82 Å². The predicted molar refractivity (Wildman–Crippen MR) is 50.5 cm³/mol. The van der Waals surface area contributed by atoms with E-state index in [0.717, 1.165) is 14.2 Å². The summed E-state index contributed by atoms with van der Waals surface area (Å²) in [6.45, 7) is 0. The van der Waals surface area contributed by atoms with Crippen LogP contribution in [0.2, 0.25) is 0 Å². The maximum absolute atomic E-state index is 12.9. The molecule has 0 aliphatic heterocycles. The monoisotopic (exact) mass is 251 g/mol. The van der Waals surface area contributed by atoms with E-state index in [2.05, 4.69) is 4.84 Å². The third-order valence-corrected chi connectivity index (χ3v) is 2.08. The van der Waals surface area contributed by atoms with Crippen LogP contribution in [0.5, 0.6) is 0 Å². The minimum atomic E-state index is -4.73. The molecule has 0 bridgehead atoms. The summed E-state index contributed by atoms with van der Waals surface area (Å²) < 4.78 is 50.6. The van der Waals surface area contributed by atoms with E-state index >= 15 is 0 Å². The summed E-state index contributed by atoms with van der Waals surface area (Å²) in [4.78, 5) is 16.0. The molecule has 1 rings (SSSR count). The first-order valence-electron chi connectivity index (χ1n) is 4.46. The Hall–Kier alpha value is -1.63. The maximum atomic E-state index is 12.9. The second kappa shape index (κ2) is 4.70. The van der Waals surface area contributed by atoms with Crippen LogP contribution in [-0.2, 0) is 11.0 Å². The van der Waals surface area contributed by atoms with Crippen molar-refractivity contribution in [2.45, 2.75) is 6.18 Å². The molecule has 1 aromatic rings. The van der Waals surface area contributed by atoms with Gasteiger partial charge < -0.3 is 0 Å². The van der Waals surface area contributed by atoms with Gasteiger partial charge in [-0.05, 0) is 18.2 Å². The number of hydrogen-bond acceptors (Lipinski definition) is 2. The van der Waals surface area contributed by atoms with Gasteiger partial charge in [0.15, 0.2) is 0 Å². The Morgan fingerprint density at radius 3 is 2.41 bits per heavy atom. The van der Waals surface area contributed by atoms with Crippen molar-refractivity contribution in [3.8, 4) is 0 Å². The summed E-state index contributed by atoms with van der Waals surface area (Å²) in [5.74, 6) is -2.00. The number of rotatable bonds is 2. The number of carbonyl (C=O) groups excluding carboxylic acids is 1. The Labute approximate surface area is 94.5 Å². The molecule has 0 unspecified atom stereocenters. The first-order valence-corrected chi connectivity index (χ1v) is 4.46. The van der Waals surface area contributed by atoms with Gasteiger partial charge in [0.25, 0.3) is 5.91 Å². The van der Waals surface area contributed by atoms with E-state index in [1.54, 1.807) is 0 Å². The molecular weight excluding hydrogens is 242 g/mol. The Morgan fingerprint density at radius 1 is 1.35 bits per heavy atom. The fourth-order valence-corrected chi connectivity index (χ4v) is 1.19. The average Bonchev–Trinajstić information content (AvgIpc) is 2.25. The lowest BCUT2D eigenvalue weighted by Gasteiger charge is -2.17. The zero-order valence-electron chi connectivity index (χ0n) is 9.01. The van der Waals surface area contributed by atoms with Crippen LogP contribution in [0.15, 0.2) is 18.2 Å². The lowest BCUT2D eigenvalue weighted by Crippen LogP contribution is -2.28. The van der Waals surface area contributed by atoms with Gasteiger partial charge in [-0.25, -0.2) is 9.45 Å². The van der Waals surface area contributed by atoms with Crippen LogP contribution in [0.4, 0.5) is 17.6 Å². The van der Waals surface area contributed by atoms with Crippen LogP contribution in [0, 0.1) is 5.82 Å². The largest absolute Gasteiger partial charge is 0.417 e. The van der Waals surface area contributed by atoms with Crippen molar-refractivity contribution >= 4 is 5.91 Å². The predicted octanol–water partition coefficient (Wildman–Crippen LogP) is 2.48. The Morgan fingerprint density at radius 2 is 1.94 bits per heavy atom. The molecule has 0 fully saturated rings. The van der Waals surface area contributed by atoms with E-state index < -0.39 is 29.0 Å². The molecule has 0 radical (unpaired) electrons. The van der Waals surface area contributed by atoms with Crippen LogP contribution in [0.3, 0.4) is 0 Å². The Kier molecular flexibility index (Phi) is 3.72. The molecular formula is C10H9F4NO2. The average molecular weight is 251 g/mol. The number of hydroxylamine groups is 2. The van der Waals surface area contributed by atoms with Gasteiger partial charge in [0.05, 0.1) is 18.2 Å². The minimum absolute atomic E-state index is 0.520. The van der Waals surface area contributed by atoms with Crippen LogP contribution in [-0.4, -0.2) is 25.1 Å². The minimum Gasteiger partial charge on any atom is -0.274 e. The number of alkyl halides is 3. The number of hydrogen-bond donors (Lipinski definition) is 0. The zero-order chi connectivity index (χ0) is 13.2. The molecule has 1 amide bonds. The van der Waals surface area contributed by atoms with Crippen molar-refractivity contribution in [2.75, 3.05) is 14.2 Å². The Balaban J connectivity index is 3.30. The third kappa shape index (κ3) is 2.94. The van der Waals surface area contributed by atoms with E-state index in [9.17, 15) is 22.4 Å². The smallest absolute Gasteiger partial charge is 0.274 e. The summed E-state index contributed by atoms with van der Waals surface area (Å²) in [7, 11) is 2.25. The van der Waals surface area contributed by atoms with Gasteiger partial charge in [-0.1, -0.05) is 0 Å². The molecule has 0 heterocycles. The molecule has 0 saturated carbocycles. The van der Waals surface area contributed by atoms with Crippen molar-refractivity contribution in [1.29, 1.82) is 0 Å². The highest BCUT2D eigenvalue weighted by Gasteiger charge is 2.36. The summed E-state index contributed by atoms with van der Waals surface area (Å²) in [6.07, 6.45) is -4.73. The van der Waals surface area contributed by atoms with Crippen molar-refractivity contribution in [3.05, 3.63) is 35.1 Å². The van der Waals surface area contributed by atoms with Crippen LogP contribution in [0.1, 0.15) is 15.9 Å². The fraction of sp³-hybridized carbons (Fsp3) is 0.300. The number of halogens is 4. The van der Waals surface area contributed by atoms with Gasteiger partial charge in [-0.15, -0.1) is 0 Å². The standard InChI is InChI=1S/C10H9F4NO2/c1-15(17-2)9(16)7-5-6(11)3-4-8(7)10(12,13)14/h3-5H,1-2H3. The number of amides is 1. The molecule has 7 heteroatoms. The maximum Gasteiger partial charge on any atom is 0.417 e. The van der Waals surface area contributed by atoms with Gasteiger partial charge in [0.2, 0.25) is 0 Å². The molecule has 1 aromatic carbocycles. The highest BCUT2D eigenvalue weighted by molar-refractivity contribution is 5.95. The molecule has 94 valence electrons. The zero-order valence-corrected chi connectivity index (χ0v) is 9.01. The fourth-order valence-electron chi connectivity index (χ4n) is 1.19.